The van der Waals surface area contributed by atoms with Crippen molar-refractivity contribution in [3.05, 3.63) is 23.4 Å². The first kappa shape index (κ1) is 17.0. The topological polar surface area (TPSA) is 28.2 Å². The monoisotopic (exact) mass is 277 g/mol. The maximum atomic E-state index is 4.87. The number of hydrogen-bond acceptors (Lipinski definition) is 3. The van der Waals surface area contributed by atoms with Crippen LogP contribution in [-0.2, 0) is 6.54 Å². The Morgan fingerprint density at radius 2 is 1.90 bits per heavy atom. The lowest BCUT2D eigenvalue weighted by molar-refractivity contribution is 0.544. The third kappa shape index (κ3) is 4.78. The quantitative estimate of drug-likeness (QED) is 0.783. The summed E-state index contributed by atoms with van der Waals surface area (Å²) in [5.74, 6) is 2.30. The van der Waals surface area contributed by atoms with Gasteiger partial charge in [-0.25, -0.2) is 4.98 Å². The molecule has 20 heavy (non-hydrogen) atoms. The highest BCUT2D eigenvalue weighted by molar-refractivity contribution is 5.43. The SMILES string of the molecule is CCC(C)CN(CC)c1cc(CNC)cc(C(C)C)n1. The van der Waals surface area contributed by atoms with Gasteiger partial charge in [-0.3, -0.25) is 0 Å². The first-order valence-electron chi connectivity index (χ1n) is 7.92. The third-order valence-corrected chi connectivity index (χ3v) is 3.80. The molecular weight excluding hydrogens is 246 g/mol. The van der Waals surface area contributed by atoms with Gasteiger partial charge in [-0.05, 0) is 43.5 Å². The van der Waals surface area contributed by atoms with Crippen LogP contribution in [0.15, 0.2) is 12.1 Å². The molecule has 1 aromatic rings. The van der Waals surface area contributed by atoms with Crippen molar-refractivity contribution in [2.24, 2.45) is 5.92 Å². The minimum absolute atomic E-state index is 0.466. The normalized spacial score (nSPS) is 12.8. The second kappa shape index (κ2) is 8.25. The fourth-order valence-corrected chi connectivity index (χ4v) is 2.25. The van der Waals surface area contributed by atoms with E-state index in [1.54, 1.807) is 0 Å². The predicted molar refractivity (Wildman–Crippen MR) is 88.4 cm³/mol. The minimum atomic E-state index is 0.466. The number of rotatable bonds is 8. The molecule has 114 valence electrons. The van der Waals surface area contributed by atoms with Gasteiger partial charge in [0.05, 0.1) is 0 Å². The third-order valence-electron chi connectivity index (χ3n) is 3.80. The number of pyridine rings is 1. The maximum Gasteiger partial charge on any atom is 0.129 e. The minimum Gasteiger partial charge on any atom is -0.357 e. The number of anilines is 1. The molecule has 0 bridgehead atoms. The van der Waals surface area contributed by atoms with Crippen molar-refractivity contribution in [3.63, 3.8) is 0 Å². The van der Waals surface area contributed by atoms with E-state index in [4.69, 9.17) is 4.98 Å². The Morgan fingerprint density at radius 1 is 1.20 bits per heavy atom. The average molecular weight is 277 g/mol. The summed E-state index contributed by atoms with van der Waals surface area (Å²) in [6.45, 7) is 14.2. The molecule has 0 radical (unpaired) electrons. The van der Waals surface area contributed by atoms with Crippen LogP contribution in [0.4, 0.5) is 5.82 Å². The maximum absolute atomic E-state index is 4.87. The molecule has 0 saturated heterocycles. The lowest BCUT2D eigenvalue weighted by atomic mass is 10.1. The van der Waals surface area contributed by atoms with Gasteiger partial charge in [0, 0.05) is 25.3 Å². The van der Waals surface area contributed by atoms with Crippen LogP contribution in [-0.4, -0.2) is 25.1 Å². The summed E-state index contributed by atoms with van der Waals surface area (Å²) in [6.07, 6.45) is 1.21. The molecule has 3 nitrogen and oxygen atoms in total. The second-order valence-corrected chi connectivity index (χ2v) is 6.00. The van der Waals surface area contributed by atoms with E-state index in [2.05, 4.69) is 57.0 Å². The van der Waals surface area contributed by atoms with Crippen molar-refractivity contribution in [1.29, 1.82) is 0 Å². The van der Waals surface area contributed by atoms with Crippen LogP contribution in [0.25, 0.3) is 0 Å². The predicted octanol–water partition coefficient (Wildman–Crippen LogP) is 3.80. The molecule has 0 aromatic carbocycles. The van der Waals surface area contributed by atoms with Gasteiger partial charge in [0.2, 0.25) is 0 Å². The van der Waals surface area contributed by atoms with E-state index in [1.165, 1.54) is 17.7 Å². The van der Waals surface area contributed by atoms with E-state index in [0.29, 0.717) is 11.8 Å². The summed E-state index contributed by atoms with van der Waals surface area (Å²) >= 11 is 0. The van der Waals surface area contributed by atoms with Gasteiger partial charge < -0.3 is 10.2 Å². The largest absolute Gasteiger partial charge is 0.357 e. The van der Waals surface area contributed by atoms with Crippen LogP contribution in [0.2, 0.25) is 0 Å². The summed E-state index contributed by atoms with van der Waals surface area (Å²) in [7, 11) is 1.99. The lowest BCUT2D eigenvalue weighted by Gasteiger charge is -2.26. The highest BCUT2D eigenvalue weighted by Gasteiger charge is 2.13. The van der Waals surface area contributed by atoms with Crippen LogP contribution in [0.1, 0.15) is 58.2 Å². The van der Waals surface area contributed by atoms with Gasteiger partial charge in [0.25, 0.3) is 0 Å². The van der Waals surface area contributed by atoms with E-state index in [0.717, 1.165) is 25.5 Å². The molecule has 0 fully saturated rings. The number of nitrogens with zero attached hydrogens (tertiary/aromatic N) is 2. The molecule has 1 rings (SSSR count). The number of hydrogen-bond donors (Lipinski definition) is 1. The number of nitrogens with one attached hydrogen (secondary N) is 1. The molecular formula is C17H31N3. The van der Waals surface area contributed by atoms with Crippen molar-refractivity contribution in [2.75, 3.05) is 25.0 Å². The van der Waals surface area contributed by atoms with Crippen molar-refractivity contribution in [1.82, 2.24) is 10.3 Å². The highest BCUT2D eigenvalue weighted by atomic mass is 15.2. The lowest BCUT2D eigenvalue weighted by Crippen LogP contribution is -2.29. The Morgan fingerprint density at radius 3 is 2.40 bits per heavy atom. The summed E-state index contributed by atoms with van der Waals surface area (Å²) in [5.41, 5.74) is 2.51. The molecule has 1 atom stereocenters. The van der Waals surface area contributed by atoms with Crippen LogP contribution in [0.5, 0.6) is 0 Å². The molecule has 3 heteroatoms. The molecule has 0 amide bonds. The fourth-order valence-electron chi connectivity index (χ4n) is 2.25. The van der Waals surface area contributed by atoms with Crippen LogP contribution < -0.4 is 10.2 Å². The summed E-state index contributed by atoms with van der Waals surface area (Å²) < 4.78 is 0. The van der Waals surface area contributed by atoms with E-state index in [-0.39, 0.29) is 0 Å². The molecule has 0 aliphatic carbocycles. The Bertz CT molecular complexity index is 401. The summed E-state index contributed by atoms with van der Waals surface area (Å²) in [6, 6.07) is 4.45. The molecule has 0 aliphatic rings. The average Bonchev–Trinajstić information content (AvgIpc) is 2.44. The fraction of sp³-hybridized carbons (Fsp3) is 0.706. The van der Waals surface area contributed by atoms with Crippen molar-refractivity contribution < 1.29 is 0 Å². The zero-order valence-corrected chi connectivity index (χ0v) is 14.0. The zero-order valence-electron chi connectivity index (χ0n) is 14.0. The molecule has 1 unspecified atom stereocenters. The summed E-state index contributed by atoms with van der Waals surface area (Å²) in [5, 5.41) is 3.24. The van der Waals surface area contributed by atoms with Crippen molar-refractivity contribution in [3.8, 4) is 0 Å². The standard InChI is InChI=1S/C17H31N3/c1-7-14(5)12-20(8-2)17-10-15(11-18-6)9-16(19-17)13(3)4/h9-10,13-14,18H,7-8,11-12H2,1-6H3. The Hall–Kier alpha value is -1.09. The van der Waals surface area contributed by atoms with Gasteiger partial charge in [-0.2, -0.15) is 0 Å². The molecule has 0 aliphatic heterocycles. The molecule has 0 spiro atoms. The Labute approximate surface area is 124 Å². The molecule has 1 heterocycles. The van der Waals surface area contributed by atoms with Gasteiger partial charge >= 0.3 is 0 Å². The molecule has 1 N–H and O–H groups in total. The van der Waals surface area contributed by atoms with Gasteiger partial charge in [0.15, 0.2) is 0 Å². The van der Waals surface area contributed by atoms with E-state index < -0.39 is 0 Å². The molecule has 0 saturated carbocycles. The first-order valence-corrected chi connectivity index (χ1v) is 7.92. The number of aromatic nitrogens is 1. The van der Waals surface area contributed by atoms with Gasteiger partial charge in [-0.15, -0.1) is 0 Å². The Balaban J connectivity index is 3.06. The van der Waals surface area contributed by atoms with E-state index in [9.17, 15) is 0 Å². The van der Waals surface area contributed by atoms with Crippen LogP contribution in [0, 0.1) is 5.92 Å². The van der Waals surface area contributed by atoms with E-state index >= 15 is 0 Å². The van der Waals surface area contributed by atoms with Gasteiger partial charge in [0.1, 0.15) is 5.82 Å². The first-order chi connectivity index (χ1) is 9.51. The van der Waals surface area contributed by atoms with Gasteiger partial charge in [-0.1, -0.05) is 34.1 Å². The zero-order chi connectivity index (χ0) is 15.1. The van der Waals surface area contributed by atoms with Crippen molar-refractivity contribution >= 4 is 5.82 Å². The summed E-state index contributed by atoms with van der Waals surface area (Å²) in [4.78, 5) is 7.27. The smallest absolute Gasteiger partial charge is 0.129 e. The van der Waals surface area contributed by atoms with Crippen LogP contribution >= 0.6 is 0 Å². The van der Waals surface area contributed by atoms with E-state index in [1.807, 2.05) is 7.05 Å². The molecule has 1 aromatic heterocycles. The highest BCUT2D eigenvalue weighted by Crippen LogP contribution is 2.21. The second-order valence-electron chi connectivity index (χ2n) is 6.00. The Kier molecular flexibility index (Phi) is 7.00. The van der Waals surface area contributed by atoms with Crippen LogP contribution in [0.3, 0.4) is 0 Å². The van der Waals surface area contributed by atoms with Crippen molar-refractivity contribution in [2.45, 2.75) is 53.5 Å².